The standard InChI is InChI=1S/C9H13N3OS/c10-2-6-5-14-9(11-6)12-3-8-1-7(12)4-13-8/h5,7-8H,1-4,10H2. The third-order valence-electron chi connectivity index (χ3n) is 2.89. The molecule has 2 unspecified atom stereocenters. The third-order valence-corrected chi connectivity index (χ3v) is 3.82. The quantitative estimate of drug-likeness (QED) is 0.777. The molecule has 76 valence electrons. The topological polar surface area (TPSA) is 51.4 Å². The van der Waals surface area contributed by atoms with Gasteiger partial charge in [-0.3, -0.25) is 0 Å². The first kappa shape index (κ1) is 8.64. The summed E-state index contributed by atoms with van der Waals surface area (Å²) in [5.74, 6) is 0. The Labute approximate surface area is 86.7 Å². The molecule has 5 heteroatoms. The van der Waals surface area contributed by atoms with Crippen molar-refractivity contribution in [2.75, 3.05) is 18.1 Å². The Balaban J connectivity index is 1.82. The van der Waals surface area contributed by atoms with Crippen molar-refractivity contribution in [1.29, 1.82) is 0 Å². The summed E-state index contributed by atoms with van der Waals surface area (Å²) in [5, 5.41) is 3.16. The van der Waals surface area contributed by atoms with Crippen molar-refractivity contribution >= 4 is 16.5 Å². The number of nitrogens with two attached hydrogens (primary N) is 1. The molecule has 2 aliphatic rings. The van der Waals surface area contributed by atoms with Gasteiger partial charge in [0.1, 0.15) is 0 Å². The number of nitrogens with zero attached hydrogens (tertiary/aromatic N) is 2. The lowest BCUT2D eigenvalue weighted by Gasteiger charge is -2.26. The summed E-state index contributed by atoms with van der Waals surface area (Å²) >= 11 is 1.69. The highest BCUT2D eigenvalue weighted by Gasteiger charge is 2.40. The Kier molecular flexibility index (Phi) is 1.97. The van der Waals surface area contributed by atoms with Crippen molar-refractivity contribution in [1.82, 2.24) is 4.98 Å². The molecule has 0 saturated carbocycles. The number of hydrogen-bond donors (Lipinski definition) is 1. The summed E-state index contributed by atoms with van der Waals surface area (Å²) in [4.78, 5) is 6.85. The van der Waals surface area contributed by atoms with Crippen LogP contribution < -0.4 is 10.6 Å². The molecule has 0 amide bonds. The predicted molar refractivity (Wildman–Crippen MR) is 55.5 cm³/mol. The van der Waals surface area contributed by atoms with Gasteiger partial charge in [-0.15, -0.1) is 11.3 Å². The smallest absolute Gasteiger partial charge is 0.185 e. The fourth-order valence-corrected chi connectivity index (χ4v) is 3.08. The van der Waals surface area contributed by atoms with Crippen LogP contribution >= 0.6 is 11.3 Å². The molecule has 2 N–H and O–H groups in total. The van der Waals surface area contributed by atoms with Crippen molar-refractivity contribution in [3.8, 4) is 0 Å². The Bertz CT molecular complexity index is 341. The summed E-state index contributed by atoms with van der Waals surface area (Å²) in [7, 11) is 0. The first-order valence-corrected chi connectivity index (χ1v) is 5.77. The lowest BCUT2D eigenvalue weighted by atomic mass is 10.2. The van der Waals surface area contributed by atoms with E-state index in [1.165, 1.54) is 0 Å². The Morgan fingerprint density at radius 3 is 3.21 bits per heavy atom. The number of rotatable bonds is 2. The van der Waals surface area contributed by atoms with Crippen LogP contribution in [0.1, 0.15) is 12.1 Å². The van der Waals surface area contributed by atoms with E-state index in [1.54, 1.807) is 11.3 Å². The number of morpholine rings is 1. The second-order valence-corrected chi connectivity index (χ2v) is 4.66. The predicted octanol–water partition coefficient (Wildman–Crippen LogP) is 0.579. The zero-order valence-corrected chi connectivity index (χ0v) is 8.67. The minimum atomic E-state index is 0.435. The second kappa shape index (κ2) is 3.18. The maximum Gasteiger partial charge on any atom is 0.185 e. The molecule has 0 aliphatic carbocycles. The van der Waals surface area contributed by atoms with Gasteiger partial charge in [-0.2, -0.15) is 0 Å². The Hall–Kier alpha value is -0.650. The zero-order valence-electron chi connectivity index (χ0n) is 7.85. The largest absolute Gasteiger partial charge is 0.374 e. The summed E-state index contributed by atoms with van der Waals surface area (Å²) in [6.07, 6.45) is 1.60. The molecular formula is C9H13N3OS. The van der Waals surface area contributed by atoms with Crippen LogP contribution in [-0.2, 0) is 11.3 Å². The molecule has 3 heterocycles. The lowest BCUT2D eigenvalue weighted by molar-refractivity contribution is 0.0991. The van der Waals surface area contributed by atoms with Crippen LogP contribution in [0.2, 0.25) is 0 Å². The van der Waals surface area contributed by atoms with E-state index in [4.69, 9.17) is 10.5 Å². The van der Waals surface area contributed by atoms with Gasteiger partial charge >= 0.3 is 0 Å². The van der Waals surface area contributed by atoms with E-state index in [-0.39, 0.29) is 0 Å². The maximum absolute atomic E-state index is 5.55. The number of ether oxygens (including phenoxy) is 1. The van der Waals surface area contributed by atoms with Crippen LogP contribution in [0.25, 0.3) is 0 Å². The van der Waals surface area contributed by atoms with Crippen molar-refractivity contribution in [2.24, 2.45) is 5.73 Å². The Morgan fingerprint density at radius 2 is 2.64 bits per heavy atom. The molecule has 2 saturated heterocycles. The molecule has 2 fully saturated rings. The van der Waals surface area contributed by atoms with Gasteiger partial charge in [-0.25, -0.2) is 4.98 Å². The van der Waals surface area contributed by atoms with Crippen LogP contribution in [0.5, 0.6) is 0 Å². The SMILES string of the molecule is NCc1csc(N2CC3CC2CO3)n1. The van der Waals surface area contributed by atoms with Crippen molar-refractivity contribution < 1.29 is 4.74 Å². The van der Waals surface area contributed by atoms with E-state index in [0.717, 1.165) is 30.4 Å². The molecule has 14 heavy (non-hydrogen) atoms. The average Bonchev–Trinajstić information content (AvgIpc) is 2.93. The van der Waals surface area contributed by atoms with Crippen LogP contribution in [0.4, 0.5) is 5.13 Å². The third kappa shape index (κ3) is 1.24. The van der Waals surface area contributed by atoms with Crippen molar-refractivity contribution in [3.63, 3.8) is 0 Å². The summed E-state index contributed by atoms with van der Waals surface area (Å²) in [5.41, 5.74) is 6.53. The number of aromatic nitrogens is 1. The van der Waals surface area contributed by atoms with E-state index in [0.29, 0.717) is 18.7 Å². The summed E-state index contributed by atoms with van der Waals surface area (Å²) < 4.78 is 5.55. The molecule has 1 aromatic heterocycles. The molecular weight excluding hydrogens is 198 g/mol. The zero-order chi connectivity index (χ0) is 9.54. The summed E-state index contributed by atoms with van der Waals surface area (Å²) in [6, 6.07) is 0.553. The van der Waals surface area contributed by atoms with Gasteiger partial charge in [0.25, 0.3) is 0 Å². The Morgan fingerprint density at radius 1 is 1.71 bits per heavy atom. The van der Waals surface area contributed by atoms with Crippen LogP contribution in [0, 0.1) is 0 Å². The van der Waals surface area contributed by atoms with Gasteiger partial charge in [0.2, 0.25) is 0 Å². The number of fused-ring (bicyclic) bond motifs is 2. The van der Waals surface area contributed by atoms with Crippen LogP contribution in [0.15, 0.2) is 5.38 Å². The molecule has 1 aromatic rings. The molecule has 2 bridgehead atoms. The van der Waals surface area contributed by atoms with Gasteiger partial charge in [0, 0.05) is 18.5 Å². The van der Waals surface area contributed by atoms with Crippen molar-refractivity contribution in [3.05, 3.63) is 11.1 Å². The highest BCUT2D eigenvalue weighted by atomic mass is 32.1. The first-order valence-electron chi connectivity index (χ1n) is 4.89. The molecule has 0 spiro atoms. The molecule has 0 radical (unpaired) electrons. The minimum Gasteiger partial charge on any atom is -0.374 e. The summed E-state index contributed by atoms with van der Waals surface area (Å²) in [6.45, 7) is 2.40. The minimum absolute atomic E-state index is 0.435. The normalized spacial score (nSPS) is 30.2. The number of hydrogen-bond acceptors (Lipinski definition) is 5. The van der Waals surface area contributed by atoms with Gasteiger partial charge < -0.3 is 15.4 Å². The fraction of sp³-hybridized carbons (Fsp3) is 0.667. The molecule has 2 aliphatic heterocycles. The van der Waals surface area contributed by atoms with Gasteiger partial charge in [0.15, 0.2) is 5.13 Å². The highest BCUT2D eigenvalue weighted by molar-refractivity contribution is 7.13. The van der Waals surface area contributed by atoms with Crippen molar-refractivity contribution in [2.45, 2.75) is 25.1 Å². The molecule has 2 atom stereocenters. The van der Waals surface area contributed by atoms with E-state index in [1.807, 2.05) is 5.38 Å². The van der Waals surface area contributed by atoms with E-state index in [2.05, 4.69) is 9.88 Å². The lowest BCUT2D eigenvalue weighted by Crippen LogP contribution is -2.36. The average molecular weight is 211 g/mol. The van der Waals surface area contributed by atoms with E-state index < -0.39 is 0 Å². The van der Waals surface area contributed by atoms with Gasteiger partial charge in [0.05, 0.1) is 24.4 Å². The maximum atomic E-state index is 5.55. The number of thiazole rings is 1. The highest BCUT2D eigenvalue weighted by Crippen LogP contribution is 2.33. The van der Waals surface area contributed by atoms with E-state index in [9.17, 15) is 0 Å². The monoisotopic (exact) mass is 211 g/mol. The van der Waals surface area contributed by atoms with Gasteiger partial charge in [-0.05, 0) is 6.42 Å². The number of anilines is 1. The first-order chi connectivity index (χ1) is 6.86. The van der Waals surface area contributed by atoms with Gasteiger partial charge in [-0.1, -0.05) is 0 Å². The van der Waals surface area contributed by atoms with Crippen LogP contribution in [-0.4, -0.2) is 30.3 Å². The fourth-order valence-electron chi connectivity index (χ4n) is 2.16. The molecule has 3 rings (SSSR count). The molecule has 0 aromatic carbocycles. The van der Waals surface area contributed by atoms with E-state index >= 15 is 0 Å². The van der Waals surface area contributed by atoms with Crippen LogP contribution in [0.3, 0.4) is 0 Å². The second-order valence-electron chi connectivity index (χ2n) is 3.82. The molecule has 4 nitrogen and oxygen atoms in total.